The summed E-state index contributed by atoms with van der Waals surface area (Å²) < 4.78 is 0. The van der Waals surface area contributed by atoms with Crippen LogP contribution < -0.4 is 5.73 Å². The maximum atomic E-state index is 5.99. The van der Waals surface area contributed by atoms with Gasteiger partial charge < -0.3 is 5.73 Å². The zero-order valence-electron chi connectivity index (χ0n) is 6.76. The first-order chi connectivity index (χ1) is 5.77. The van der Waals surface area contributed by atoms with Crippen LogP contribution in [-0.4, -0.2) is 4.98 Å². The van der Waals surface area contributed by atoms with Crippen molar-refractivity contribution in [2.75, 3.05) is 5.73 Å². The molecule has 2 N–H and O–H groups in total. The normalized spacial score (nSPS) is 17.4. The standard InChI is InChI=1S/C9H11ClN2/c10-8-4-7(11)5-12-9(8)6-2-1-3-6/h4-6H,1-3,11H2. The molecule has 1 aromatic heterocycles. The summed E-state index contributed by atoms with van der Waals surface area (Å²) in [5.74, 6) is 0.582. The molecule has 0 atom stereocenters. The van der Waals surface area contributed by atoms with Gasteiger partial charge in [0.2, 0.25) is 0 Å². The molecular formula is C9H11ClN2. The van der Waals surface area contributed by atoms with Gasteiger partial charge in [-0.1, -0.05) is 18.0 Å². The zero-order valence-corrected chi connectivity index (χ0v) is 7.51. The molecule has 1 saturated carbocycles. The van der Waals surface area contributed by atoms with Crippen LogP contribution in [0.15, 0.2) is 12.3 Å². The average molecular weight is 183 g/mol. The minimum absolute atomic E-state index is 0.582. The van der Waals surface area contributed by atoms with Crippen molar-refractivity contribution in [2.24, 2.45) is 0 Å². The highest BCUT2D eigenvalue weighted by Gasteiger charge is 2.22. The van der Waals surface area contributed by atoms with Gasteiger partial charge in [-0.2, -0.15) is 0 Å². The van der Waals surface area contributed by atoms with Crippen LogP contribution in [0.2, 0.25) is 5.02 Å². The Bertz CT molecular complexity index is 295. The summed E-state index contributed by atoms with van der Waals surface area (Å²) in [5, 5.41) is 0.722. The van der Waals surface area contributed by atoms with Crippen molar-refractivity contribution in [1.82, 2.24) is 4.98 Å². The molecule has 0 aromatic carbocycles. The Morgan fingerprint density at radius 2 is 2.25 bits per heavy atom. The van der Waals surface area contributed by atoms with Gasteiger partial charge in [0.25, 0.3) is 0 Å². The van der Waals surface area contributed by atoms with E-state index in [0.29, 0.717) is 11.6 Å². The molecule has 0 saturated heterocycles. The van der Waals surface area contributed by atoms with E-state index in [1.807, 2.05) is 0 Å². The fourth-order valence-corrected chi connectivity index (χ4v) is 1.77. The van der Waals surface area contributed by atoms with Crippen LogP contribution in [0.5, 0.6) is 0 Å². The van der Waals surface area contributed by atoms with Crippen LogP contribution >= 0.6 is 11.6 Å². The molecule has 64 valence electrons. The minimum atomic E-state index is 0.582. The molecule has 12 heavy (non-hydrogen) atoms. The van der Waals surface area contributed by atoms with Crippen molar-refractivity contribution < 1.29 is 0 Å². The third-order valence-corrected chi connectivity index (χ3v) is 2.69. The van der Waals surface area contributed by atoms with Crippen LogP contribution in [-0.2, 0) is 0 Å². The maximum absolute atomic E-state index is 5.99. The molecule has 0 aliphatic heterocycles. The first-order valence-electron chi connectivity index (χ1n) is 4.18. The van der Waals surface area contributed by atoms with Crippen molar-refractivity contribution >= 4 is 17.3 Å². The molecule has 3 heteroatoms. The largest absolute Gasteiger partial charge is 0.397 e. The van der Waals surface area contributed by atoms with E-state index in [4.69, 9.17) is 17.3 Å². The van der Waals surface area contributed by atoms with E-state index in [1.54, 1.807) is 12.3 Å². The second-order valence-corrected chi connectivity index (χ2v) is 3.67. The van der Waals surface area contributed by atoms with Gasteiger partial charge in [0.1, 0.15) is 0 Å². The SMILES string of the molecule is Nc1cnc(C2CCC2)c(Cl)c1. The number of nitrogens with two attached hydrogens (primary N) is 1. The Kier molecular flexibility index (Phi) is 1.93. The number of anilines is 1. The molecule has 2 nitrogen and oxygen atoms in total. The molecule has 1 aliphatic carbocycles. The lowest BCUT2D eigenvalue weighted by atomic mass is 9.82. The van der Waals surface area contributed by atoms with E-state index in [-0.39, 0.29) is 0 Å². The summed E-state index contributed by atoms with van der Waals surface area (Å²) in [4.78, 5) is 4.24. The second kappa shape index (κ2) is 2.94. The van der Waals surface area contributed by atoms with Crippen LogP contribution in [0.1, 0.15) is 30.9 Å². The molecular weight excluding hydrogens is 172 g/mol. The van der Waals surface area contributed by atoms with Gasteiger partial charge in [0, 0.05) is 5.92 Å². The van der Waals surface area contributed by atoms with E-state index in [1.165, 1.54) is 19.3 Å². The summed E-state index contributed by atoms with van der Waals surface area (Å²) in [6, 6.07) is 1.78. The third-order valence-electron chi connectivity index (χ3n) is 2.38. The van der Waals surface area contributed by atoms with E-state index < -0.39 is 0 Å². The number of pyridine rings is 1. The predicted molar refractivity (Wildman–Crippen MR) is 50.3 cm³/mol. The van der Waals surface area contributed by atoms with Gasteiger partial charge in [-0.3, -0.25) is 4.98 Å². The van der Waals surface area contributed by atoms with Gasteiger partial charge in [-0.15, -0.1) is 0 Å². The van der Waals surface area contributed by atoms with Crippen molar-refractivity contribution in [3.05, 3.63) is 23.0 Å². The van der Waals surface area contributed by atoms with Crippen LogP contribution in [0.3, 0.4) is 0 Å². The third kappa shape index (κ3) is 1.27. The lowest BCUT2D eigenvalue weighted by Gasteiger charge is -2.25. The summed E-state index contributed by atoms with van der Waals surface area (Å²) in [7, 11) is 0. The molecule has 0 spiro atoms. The van der Waals surface area contributed by atoms with Crippen LogP contribution in [0, 0.1) is 0 Å². The highest BCUT2D eigenvalue weighted by atomic mass is 35.5. The van der Waals surface area contributed by atoms with Crippen molar-refractivity contribution in [2.45, 2.75) is 25.2 Å². The van der Waals surface area contributed by atoms with Crippen LogP contribution in [0.25, 0.3) is 0 Å². The summed E-state index contributed by atoms with van der Waals surface area (Å²) >= 11 is 5.99. The van der Waals surface area contributed by atoms with Crippen molar-refractivity contribution in [3.63, 3.8) is 0 Å². The molecule has 0 bridgehead atoms. The fraction of sp³-hybridized carbons (Fsp3) is 0.444. The topological polar surface area (TPSA) is 38.9 Å². The van der Waals surface area contributed by atoms with Crippen molar-refractivity contribution in [3.8, 4) is 0 Å². The van der Waals surface area contributed by atoms with Gasteiger partial charge in [0.15, 0.2) is 0 Å². The van der Waals surface area contributed by atoms with Crippen molar-refractivity contribution in [1.29, 1.82) is 0 Å². The smallest absolute Gasteiger partial charge is 0.0644 e. The van der Waals surface area contributed by atoms with Gasteiger partial charge in [0.05, 0.1) is 22.6 Å². The zero-order chi connectivity index (χ0) is 8.55. The number of hydrogen-bond acceptors (Lipinski definition) is 2. The molecule has 1 fully saturated rings. The lowest BCUT2D eigenvalue weighted by molar-refractivity contribution is 0.411. The number of nitrogen functional groups attached to an aromatic ring is 1. The van der Waals surface area contributed by atoms with E-state index in [9.17, 15) is 0 Å². The Morgan fingerprint density at radius 1 is 1.50 bits per heavy atom. The number of halogens is 1. The van der Waals surface area contributed by atoms with Gasteiger partial charge in [-0.05, 0) is 18.9 Å². The Balaban J connectivity index is 2.31. The Morgan fingerprint density at radius 3 is 2.75 bits per heavy atom. The maximum Gasteiger partial charge on any atom is 0.0644 e. The van der Waals surface area contributed by atoms with Gasteiger partial charge >= 0.3 is 0 Å². The Labute approximate surface area is 76.7 Å². The predicted octanol–water partition coefficient (Wildman–Crippen LogP) is 2.58. The van der Waals surface area contributed by atoms with E-state index in [0.717, 1.165) is 10.7 Å². The number of hydrogen-bond donors (Lipinski definition) is 1. The second-order valence-electron chi connectivity index (χ2n) is 3.26. The lowest BCUT2D eigenvalue weighted by Crippen LogP contribution is -2.11. The molecule has 0 radical (unpaired) electrons. The summed E-state index contributed by atoms with van der Waals surface area (Å²) in [6.07, 6.45) is 5.42. The number of aromatic nitrogens is 1. The quantitative estimate of drug-likeness (QED) is 0.725. The molecule has 0 unspecified atom stereocenters. The first kappa shape index (κ1) is 7.87. The molecule has 0 amide bonds. The summed E-state index contributed by atoms with van der Waals surface area (Å²) in [6.45, 7) is 0. The molecule has 1 aromatic rings. The number of nitrogens with zero attached hydrogens (tertiary/aromatic N) is 1. The van der Waals surface area contributed by atoms with E-state index in [2.05, 4.69) is 4.98 Å². The highest BCUT2D eigenvalue weighted by molar-refractivity contribution is 6.31. The monoisotopic (exact) mass is 182 g/mol. The Hall–Kier alpha value is -0.760. The van der Waals surface area contributed by atoms with Crippen LogP contribution in [0.4, 0.5) is 5.69 Å². The van der Waals surface area contributed by atoms with Gasteiger partial charge in [-0.25, -0.2) is 0 Å². The molecule has 1 aliphatic rings. The first-order valence-corrected chi connectivity index (χ1v) is 4.56. The highest BCUT2D eigenvalue weighted by Crippen LogP contribution is 2.38. The minimum Gasteiger partial charge on any atom is -0.397 e. The fourth-order valence-electron chi connectivity index (χ4n) is 1.45. The number of rotatable bonds is 1. The van der Waals surface area contributed by atoms with E-state index >= 15 is 0 Å². The molecule has 1 heterocycles. The summed E-state index contributed by atoms with van der Waals surface area (Å²) in [5.41, 5.74) is 7.21. The average Bonchev–Trinajstić information content (AvgIpc) is 1.91. The molecule has 2 rings (SSSR count).